The summed E-state index contributed by atoms with van der Waals surface area (Å²) in [5, 5.41) is 2.33. The number of carbonyl (C=O) groups excluding carboxylic acids is 2. The Morgan fingerprint density at radius 2 is 1.53 bits per heavy atom. The zero-order chi connectivity index (χ0) is 11.8. The molecule has 1 aliphatic carbocycles. The molecule has 2 aliphatic rings. The fourth-order valence-electron chi connectivity index (χ4n) is 2.71. The highest BCUT2D eigenvalue weighted by atomic mass is 16.2. The SMILES string of the molecule is O=C1CN(C2Cc3ccccc3C2)CC(=O)N1. The summed E-state index contributed by atoms with van der Waals surface area (Å²) in [6.45, 7) is 0.675. The Morgan fingerprint density at radius 3 is 2.06 bits per heavy atom. The van der Waals surface area contributed by atoms with E-state index in [2.05, 4.69) is 17.4 Å². The maximum atomic E-state index is 11.3. The second-order valence-electron chi connectivity index (χ2n) is 4.71. The fraction of sp³-hybridized carbons (Fsp3) is 0.385. The molecule has 3 rings (SSSR count). The Hall–Kier alpha value is -1.68. The summed E-state index contributed by atoms with van der Waals surface area (Å²) >= 11 is 0. The highest BCUT2D eigenvalue weighted by molar-refractivity contribution is 5.99. The molecule has 88 valence electrons. The quantitative estimate of drug-likeness (QED) is 0.697. The zero-order valence-corrected chi connectivity index (χ0v) is 9.48. The first-order valence-corrected chi connectivity index (χ1v) is 5.86. The van der Waals surface area contributed by atoms with Crippen molar-refractivity contribution in [2.45, 2.75) is 18.9 Å². The van der Waals surface area contributed by atoms with Gasteiger partial charge in [0.2, 0.25) is 11.8 Å². The molecule has 1 aromatic carbocycles. The molecule has 1 heterocycles. The van der Waals surface area contributed by atoms with Crippen LogP contribution in [0.3, 0.4) is 0 Å². The number of carbonyl (C=O) groups is 2. The number of imide groups is 1. The third-order valence-electron chi connectivity index (χ3n) is 3.52. The summed E-state index contributed by atoms with van der Waals surface area (Å²) in [6.07, 6.45) is 1.88. The molecular weight excluding hydrogens is 216 g/mol. The number of nitrogens with zero attached hydrogens (tertiary/aromatic N) is 1. The van der Waals surface area contributed by atoms with Gasteiger partial charge >= 0.3 is 0 Å². The Labute approximate surface area is 99.6 Å². The summed E-state index contributed by atoms with van der Waals surface area (Å²) in [5.41, 5.74) is 2.69. The summed E-state index contributed by atoms with van der Waals surface area (Å²) in [7, 11) is 0. The van der Waals surface area contributed by atoms with Gasteiger partial charge in [0.05, 0.1) is 13.1 Å². The molecule has 1 aromatic rings. The normalized spacial score (nSPS) is 21.4. The van der Waals surface area contributed by atoms with E-state index in [1.165, 1.54) is 11.1 Å². The van der Waals surface area contributed by atoms with Crippen molar-refractivity contribution >= 4 is 11.8 Å². The van der Waals surface area contributed by atoms with Gasteiger partial charge in [-0.25, -0.2) is 0 Å². The summed E-state index contributed by atoms with van der Waals surface area (Å²) in [6, 6.07) is 8.62. The molecule has 1 N–H and O–H groups in total. The number of hydrogen-bond acceptors (Lipinski definition) is 3. The van der Waals surface area contributed by atoms with Crippen molar-refractivity contribution < 1.29 is 9.59 Å². The van der Waals surface area contributed by atoms with Crippen LogP contribution < -0.4 is 5.32 Å². The van der Waals surface area contributed by atoms with Crippen LogP contribution in [0.2, 0.25) is 0 Å². The molecule has 0 saturated carbocycles. The van der Waals surface area contributed by atoms with Crippen molar-refractivity contribution in [2.24, 2.45) is 0 Å². The monoisotopic (exact) mass is 230 g/mol. The molecule has 1 saturated heterocycles. The molecule has 4 heteroatoms. The van der Waals surface area contributed by atoms with Gasteiger partial charge in [-0.15, -0.1) is 0 Å². The predicted molar refractivity (Wildman–Crippen MR) is 62.4 cm³/mol. The van der Waals surface area contributed by atoms with Gasteiger partial charge in [-0.3, -0.25) is 19.8 Å². The minimum absolute atomic E-state index is 0.183. The average molecular weight is 230 g/mol. The van der Waals surface area contributed by atoms with Gasteiger partial charge < -0.3 is 0 Å². The first kappa shape index (κ1) is 10.5. The van der Waals surface area contributed by atoms with Crippen LogP contribution in [-0.4, -0.2) is 35.8 Å². The predicted octanol–water partition coefficient (Wildman–Crippen LogP) is 0.112. The highest BCUT2D eigenvalue weighted by Gasteiger charge is 2.32. The maximum Gasteiger partial charge on any atom is 0.240 e. The van der Waals surface area contributed by atoms with E-state index in [1.54, 1.807) is 0 Å². The second-order valence-corrected chi connectivity index (χ2v) is 4.71. The lowest BCUT2D eigenvalue weighted by atomic mass is 10.1. The van der Waals surface area contributed by atoms with Gasteiger partial charge in [0, 0.05) is 6.04 Å². The summed E-state index contributed by atoms with van der Waals surface area (Å²) in [5.74, 6) is -0.366. The Bertz CT molecular complexity index is 443. The molecule has 1 fully saturated rings. The molecule has 1 aliphatic heterocycles. The minimum atomic E-state index is -0.183. The first-order valence-electron chi connectivity index (χ1n) is 5.86. The number of fused-ring (bicyclic) bond motifs is 1. The first-order chi connectivity index (χ1) is 8.22. The molecule has 17 heavy (non-hydrogen) atoms. The maximum absolute atomic E-state index is 11.3. The second kappa shape index (κ2) is 3.96. The Balaban J connectivity index is 1.76. The lowest BCUT2D eigenvalue weighted by Crippen LogP contribution is -2.54. The molecule has 0 unspecified atom stereocenters. The van der Waals surface area contributed by atoms with Crippen LogP contribution in [0.15, 0.2) is 24.3 Å². The van der Waals surface area contributed by atoms with Crippen molar-refractivity contribution in [3.05, 3.63) is 35.4 Å². The standard InChI is InChI=1S/C13H14N2O2/c16-12-7-15(8-13(17)14-12)11-5-9-3-1-2-4-10(9)6-11/h1-4,11H,5-8H2,(H,14,16,17). The molecule has 2 amide bonds. The third-order valence-corrected chi connectivity index (χ3v) is 3.52. The van der Waals surface area contributed by atoms with E-state index < -0.39 is 0 Å². The van der Waals surface area contributed by atoms with Crippen molar-refractivity contribution in [3.63, 3.8) is 0 Å². The van der Waals surface area contributed by atoms with E-state index in [1.807, 2.05) is 17.0 Å². The molecule has 0 spiro atoms. The molecular formula is C13H14N2O2. The fourth-order valence-corrected chi connectivity index (χ4v) is 2.71. The number of rotatable bonds is 1. The van der Waals surface area contributed by atoms with Crippen LogP contribution in [0, 0.1) is 0 Å². The third kappa shape index (κ3) is 1.96. The smallest absolute Gasteiger partial charge is 0.240 e. The Morgan fingerprint density at radius 1 is 1.00 bits per heavy atom. The van der Waals surface area contributed by atoms with E-state index in [9.17, 15) is 9.59 Å². The zero-order valence-electron chi connectivity index (χ0n) is 9.48. The van der Waals surface area contributed by atoms with Crippen LogP contribution in [0.25, 0.3) is 0 Å². The minimum Gasteiger partial charge on any atom is -0.294 e. The lowest BCUT2D eigenvalue weighted by Gasteiger charge is -2.30. The van der Waals surface area contributed by atoms with E-state index in [4.69, 9.17) is 0 Å². The Kier molecular flexibility index (Phi) is 2.44. The van der Waals surface area contributed by atoms with Crippen molar-refractivity contribution in [1.82, 2.24) is 10.2 Å². The molecule has 4 nitrogen and oxygen atoms in total. The van der Waals surface area contributed by atoms with Gasteiger partial charge in [-0.1, -0.05) is 24.3 Å². The van der Waals surface area contributed by atoms with Crippen LogP contribution in [0.4, 0.5) is 0 Å². The van der Waals surface area contributed by atoms with Gasteiger partial charge in [0.15, 0.2) is 0 Å². The molecule has 0 atom stereocenters. The largest absolute Gasteiger partial charge is 0.294 e. The number of piperazine rings is 1. The number of amides is 2. The topological polar surface area (TPSA) is 49.4 Å². The van der Waals surface area contributed by atoms with Gasteiger partial charge in [0.1, 0.15) is 0 Å². The lowest BCUT2D eigenvalue weighted by molar-refractivity contribution is -0.137. The molecule has 0 aromatic heterocycles. The van der Waals surface area contributed by atoms with Crippen molar-refractivity contribution in [2.75, 3.05) is 13.1 Å². The number of nitrogens with one attached hydrogen (secondary N) is 1. The van der Waals surface area contributed by atoms with E-state index in [-0.39, 0.29) is 11.8 Å². The number of benzene rings is 1. The average Bonchev–Trinajstić information content (AvgIpc) is 2.71. The van der Waals surface area contributed by atoms with Crippen molar-refractivity contribution in [3.8, 4) is 0 Å². The summed E-state index contributed by atoms with van der Waals surface area (Å²) < 4.78 is 0. The number of hydrogen-bond donors (Lipinski definition) is 1. The van der Waals surface area contributed by atoms with Crippen LogP contribution in [0.1, 0.15) is 11.1 Å². The summed E-state index contributed by atoms with van der Waals surface area (Å²) in [4.78, 5) is 24.7. The van der Waals surface area contributed by atoms with E-state index in [0.29, 0.717) is 19.1 Å². The van der Waals surface area contributed by atoms with Gasteiger partial charge in [0.25, 0.3) is 0 Å². The highest BCUT2D eigenvalue weighted by Crippen LogP contribution is 2.25. The van der Waals surface area contributed by atoms with Crippen LogP contribution in [0.5, 0.6) is 0 Å². The molecule has 0 radical (unpaired) electrons. The van der Waals surface area contributed by atoms with Crippen molar-refractivity contribution in [1.29, 1.82) is 0 Å². The van der Waals surface area contributed by atoms with Crippen LogP contribution >= 0.6 is 0 Å². The van der Waals surface area contributed by atoms with E-state index >= 15 is 0 Å². The van der Waals surface area contributed by atoms with Gasteiger partial charge in [-0.2, -0.15) is 0 Å². The van der Waals surface area contributed by atoms with E-state index in [0.717, 1.165) is 12.8 Å². The van der Waals surface area contributed by atoms with Gasteiger partial charge in [-0.05, 0) is 24.0 Å². The van der Waals surface area contributed by atoms with Crippen LogP contribution in [-0.2, 0) is 22.4 Å². The molecule has 0 bridgehead atoms.